The Labute approximate surface area is 87.8 Å². The number of rotatable bonds is 2. The summed E-state index contributed by atoms with van der Waals surface area (Å²) in [7, 11) is 0. The highest BCUT2D eigenvalue weighted by atomic mass is 16.5. The number of nitrogens with one attached hydrogen (secondary N) is 1. The number of nitrogens with zero attached hydrogens (tertiary/aromatic N) is 1. The van der Waals surface area contributed by atoms with Crippen molar-refractivity contribution in [2.24, 2.45) is 5.11 Å². The second-order valence-electron chi connectivity index (χ2n) is 3.59. The molecule has 0 aromatic heterocycles. The fraction of sp³-hybridized carbons (Fsp3) is 0.364. The van der Waals surface area contributed by atoms with Gasteiger partial charge in [-0.1, -0.05) is 30.3 Å². The van der Waals surface area contributed by atoms with Crippen molar-refractivity contribution in [2.75, 3.05) is 6.61 Å². The molecule has 2 atom stereocenters. The molecule has 2 unspecified atom stereocenters. The van der Waals surface area contributed by atoms with Gasteiger partial charge >= 0.3 is 0 Å². The van der Waals surface area contributed by atoms with Crippen LogP contribution in [0.3, 0.4) is 0 Å². The van der Waals surface area contributed by atoms with Crippen LogP contribution in [0.5, 0.6) is 0 Å². The summed E-state index contributed by atoms with van der Waals surface area (Å²) in [6.45, 7) is 0.461. The van der Waals surface area contributed by atoms with Crippen LogP contribution in [0.4, 0.5) is 0 Å². The third-order valence-corrected chi connectivity index (χ3v) is 2.57. The highest BCUT2D eigenvalue weighted by Gasteiger charge is 2.29. The minimum Gasteiger partial charge on any atom is -0.348 e. The molecule has 78 valence electrons. The molecule has 2 rings (SSSR count). The van der Waals surface area contributed by atoms with E-state index in [0.29, 0.717) is 13.0 Å². The number of Topliss-reactive ketones (excluding diaryl/α,β-unsaturated/α-hetero) is 1. The molecule has 0 saturated carbocycles. The summed E-state index contributed by atoms with van der Waals surface area (Å²) in [5.41, 5.74) is 7.88. The standard InChI is InChI=1S/C11H12N2O2/c12-13-11-10(14)6-9(7-15-11)8-4-2-1-3-5-8/h1-5,9,11-12H,6-7H2. The van der Waals surface area contributed by atoms with Gasteiger partial charge in [-0.15, -0.1) is 0 Å². The number of carbonyl (C=O) groups is 1. The lowest BCUT2D eigenvalue weighted by Crippen LogP contribution is -2.32. The Morgan fingerprint density at radius 1 is 1.33 bits per heavy atom. The first-order chi connectivity index (χ1) is 7.31. The van der Waals surface area contributed by atoms with Crippen molar-refractivity contribution in [3.63, 3.8) is 0 Å². The van der Waals surface area contributed by atoms with Crippen LogP contribution in [0, 0.1) is 5.53 Å². The van der Waals surface area contributed by atoms with Crippen molar-refractivity contribution in [3.05, 3.63) is 35.9 Å². The maximum Gasteiger partial charge on any atom is 0.227 e. The van der Waals surface area contributed by atoms with Gasteiger partial charge in [0, 0.05) is 12.3 Å². The average molecular weight is 204 g/mol. The van der Waals surface area contributed by atoms with E-state index in [1.807, 2.05) is 30.3 Å². The molecule has 4 nitrogen and oxygen atoms in total. The van der Waals surface area contributed by atoms with Crippen molar-refractivity contribution in [2.45, 2.75) is 18.6 Å². The Bertz CT molecular complexity index is 364. The first-order valence-electron chi connectivity index (χ1n) is 4.87. The molecule has 1 aromatic rings. The molecule has 0 aliphatic carbocycles. The Balaban J connectivity index is 2.09. The van der Waals surface area contributed by atoms with Gasteiger partial charge in [-0.05, 0) is 5.56 Å². The van der Waals surface area contributed by atoms with Gasteiger partial charge in [0.15, 0.2) is 5.78 Å². The molecule has 0 radical (unpaired) electrons. The highest BCUT2D eigenvalue weighted by Crippen LogP contribution is 2.26. The summed E-state index contributed by atoms with van der Waals surface area (Å²) in [5, 5.41) is 3.13. The lowest BCUT2D eigenvalue weighted by atomic mass is 9.92. The third kappa shape index (κ3) is 2.10. The third-order valence-electron chi connectivity index (χ3n) is 2.57. The molecule has 1 N–H and O–H groups in total. The SMILES string of the molecule is N=NC1OCC(c2ccccc2)CC1=O. The van der Waals surface area contributed by atoms with Crippen LogP contribution in [0.25, 0.3) is 0 Å². The maximum absolute atomic E-state index is 11.5. The highest BCUT2D eigenvalue weighted by molar-refractivity contribution is 5.84. The lowest BCUT2D eigenvalue weighted by molar-refractivity contribution is -0.136. The van der Waals surface area contributed by atoms with Crippen molar-refractivity contribution >= 4 is 5.78 Å². The molecule has 1 aliphatic heterocycles. The number of ether oxygens (including phenoxy) is 1. The summed E-state index contributed by atoms with van der Waals surface area (Å²) in [4.78, 5) is 11.5. The normalized spacial score (nSPS) is 26.3. The molecule has 0 bridgehead atoms. The average Bonchev–Trinajstić information content (AvgIpc) is 2.30. The van der Waals surface area contributed by atoms with Crippen molar-refractivity contribution in [1.82, 2.24) is 0 Å². The van der Waals surface area contributed by atoms with Gasteiger partial charge in [-0.25, -0.2) is 5.53 Å². The van der Waals surface area contributed by atoms with Crippen LogP contribution in [0.1, 0.15) is 17.9 Å². The van der Waals surface area contributed by atoms with Gasteiger partial charge in [0.1, 0.15) is 0 Å². The Morgan fingerprint density at radius 2 is 2.07 bits per heavy atom. The Hall–Kier alpha value is -1.55. The number of benzene rings is 1. The molecule has 1 saturated heterocycles. The molecule has 1 heterocycles. The van der Waals surface area contributed by atoms with Crippen LogP contribution in [0.15, 0.2) is 35.4 Å². The van der Waals surface area contributed by atoms with E-state index in [1.54, 1.807) is 0 Å². The monoisotopic (exact) mass is 204 g/mol. The van der Waals surface area contributed by atoms with E-state index < -0.39 is 6.23 Å². The smallest absolute Gasteiger partial charge is 0.227 e. The van der Waals surface area contributed by atoms with Crippen LogP contribution in [-0.4, -0.2) is 18.6 Å². The van der Waals surface area contributed by atoms with Crippen LogP contribution in [-0.2, 0) is 9.53 Å². The largest absolute Gasteiger partial charge is 0.348 e. The summed E-state index contributed by atoms with van der Waals surface area (Å²) >= 11 is 0. The molecule has 1 fully saturated rings. The van der Waals surface area contributed by atoms with Gasteiger partial charge in [0.2, 0.25) is 6.23 Å². The van der Waals surface area contributed by atoms with E-state index in [4.69, 9.17) is 10.3 Å². The predicted molar refractivity (Wildman–Crippen MR) is 53.7 cm³/mol. The van der Waals surface area contributed by atoms with Crippen LogP contribution >= 0.6 is 0 Å². The maximum atomic E-state index is 11.5. The Kier molecular flexibility index (Phi) is 2.87. The molecule has 0 amide bonds. The summed E-state index contributed by atoms with van der Waals surface area (Å²) < 4.78 is 5.20. The van der Waals surface area contributed by atoms with Crippen molar-refractivity contribution in [3.8, 4) is 0 Å². The van der Waals surface area contributed by atoms with E-state index in [-0.39, 0.29) is 11.7 Å². The number of carbonyl (C=O) groups excluding carboxylic acids is 1. The van der Waals surface area contributed by atoms with Gasteiger partial charge in [-0.3, -0.25) is 4.79 Å². The van der Waals surface area contributed by atoms with Gasteiger partial charge in [0.25, 0.3) is 0 Å². The zero-order valence-corrected chi connectivity index (χ0v) is 8.22. The van der Waals surface area contributed by atoms with Crippen molar-refractivity contribution < 1.29 is 9.53 Å². The van der Waals surface area contributed by atoms with Crippen LogP contribution < -0.4 is 0 Å². The second kappa shape index (κ2) is 4.31. The molecule has 1 aromatic carbocycles. The topological polar surface area (TPSA) is 62.5 Å². The first-order valence-corrected chi connectivity index (χ1v) is 4.87. The van der Waals surface area contributed by atoms with E-state index in [2.05, 4.69) is 5.11 Å². The second-order valence-corrected chi connectivity index (χ2v) is 3.59. The molecule has 15 heavy (non-hydrogen) atoms. The predicted octanol–water partition coefficient (Wildman–Crippen LogP) is 2.12. The molecular formula is C11H12N2O2. The minimum absolute atomic E-state index is 0.106. The number of hydrogen-bond donors (Lipinski definition) is 1. The van der Waals surface area contributed by atoms with E-state index in [9.17, 15) is 4.79 Å². The molecule has 1 aliphatic rings. The van der Waals surface area contributed by atoms with E-state index in [1.165, 1.54) is 0 Å². The molecule has 0 spiro atoms. The number of ketones is 1. The van der Waals surface area contributed by atoms with Gasteiger partial charge in [0.05, 0.1) is 6.61 Å². The van der Waals surface area contributed by atoms with Gasteiger partial charge in [-0.2, -0.15) is 5.11 Å². The van der Waals surface area contributed by atoms with Gasteiger partial charge < -0.3 is 4.74 Å². The quantitative estimate of drug-likeness (QED) is 0.750. The lowest BCUT2D eigenvalue weighted by Gasteiger charge is -2.24. The Morgan fingerprint density at radius 3 is 2.67 bits per heavy atom. The fourth-order valence-corrected chi connectivity index (χ4v) is 1.75. The molecular weight excluding hydrogens is 192 g/mol. The minimum atomic E-state index is -0.870. The summed E-state index contributed by atoms with van der Waals surface area (Å²) in [6, 6.07) is 9.80. The zero-order chi connectivity index (χ0) is 10.7. The van der Waals surface area contributed by atoms with E-state index in [0.717, 1.165) is 5.56 Å². The van der Waals surface area contributed by atoms with Crippen LogP contribution in [0.2, 0.25) is 0 Å². The first kappa shape index (κ1) is 9.98. The molecule has 4 heteroatoms. The van der Waals surface area contributed by atoms with E-state index >= 15 is 0 Å². The fourth-order valence-electron chi connectivity index (χ4n) is 1.75. The van der Waals surface area contributed by atoms with Crippen molar-refractivity contribution in [1.29, 1.82) is 5.53 Å². The zero-order valence-electron chi connectivity index (χ0n) is 8.22. The summed E-state index contributed by atoms with van der Waals surface area (Å²) in [6.07, 6.45) is -0.457. The summed E-state index contributed by atoms with van der Waals surface area (Å²) in [5.74, 6) is 0.00167. The number of hydrogen-bond acceptors (Lipinski definition) is 4.